The zero-order chi connectivity index (χ0) is 21.8. The van der Waals surface area contributed by atoms with E-state index in [1.807, 2.05) is 6.92 Å². The number of aromatic nitrogens is 6. The van der Waals surface area contributed by atoms with Crippen LogP contribution < -0.4 is 20.9 Å². The van der Waals surface area contributed by atoms with Crippen LogP contribution in [-0.4, -0.2) is 48.6 Å². The molecule has 0 aromatic carbocycles. The van der Waals surface area contributed by atoms with Gasteiger partial charge in [-0.25, -0.2) is 9.97 Å². The summed E-state index contributed by atoms with van der Waals surface area (Å²) in [4.78, 5) is 20.8. The summed E-state index contributed by atoms with van der Waals surface area (Å²) in [7, 11) is 0. The predicted molar refractivity (Wildman–Crippen MR) is 107 cm³/mol. The third-order valence-corrected chi connectivity index (χ3v) is 4.81. The Morgan fingerprint density at radius 2 is 1.90 bits per heavy atom. The van der Waals surface area contributed by atoms with Crippen LogP contribution in [0, 0.1) is 6.92 Å². The number of pyridine rings is 1. The molecule has 10 nitrogen and oxygen atoms in total. The normalized spacial score (nSPS) is 18.2. The summed E-state index contributed by atoms with van der Waals surface area (Å²) in [5, 5.41) is 18.6. The second-order valence-corrected chi connectivity index (χ2v) is 7.11. The van der Waals surface area contributed by atoms with E-state index >= 15 is 0 Å². The number of hydrogen-bond acceptors (Lipinski definition) is 9. The van der Waals surface area contributed by atoms with Crippen molar-refractivity contribution in [2.24, 2.45) is 0 Å². The maximum absolute atomic E-state index is 12.4. The first-order valence-corrected chi connectivity index (χ1v) is 9.67. The fourth-order valence-electron chi connectivity index (χ4n) is 3.40. The van der Waals surface area contributed by atoms with Crippen molar-refractivity contribution in [2.45, 2.75) is 44.9 Å². The van der Waals surface area contributed by atoms with Crippen LogP contribution in [0.3, 0.4) is 0 Å². The van der Waals surface area contributed by atoms with E-state index in [1.165, 1.54) is 12.4 Å². The molecule has 2 N–H and O–H groups in total. The Hall–Kier alpha value is -3.70. The average molecular weight is 430 g/mol. The van der Waals surface area contributed by atoms with Crippen LogP contribution in [0.2, 0.25) is 0 Å². The molecule has 3 aromatic rings. The first kappa shape index (κ1) is 20.6. The molecule has 3 heterocycles. The Balaban J connectivity index is 1.37. The van der Waals surface area contributed by atoms with Crippen LogP contribution in [0.5, 0.6) is 5.75 Å². The van der Waals surface area contributed by atoms with Gasteiger partial charge in [-0.2, -0.15) is 23.7 Å². The van der Waals surface area contributed by atoms with Gasteiger partial charge in [-0.1, -0.05) is 0 Å². The van der Waals surface area contributed by atoms with E-state index < -0.39 is 17.9 Å². The zero-order valence-electron chi connectivity index (χ0n) is 16.6. The van der Waals surface area contributed by atoms with Crippen molar-refractivity contribution in [2.75, 3.05) is 10.6 Å². The van der Waals surface area contributed by atoms with Crippen LogP contribution in [0.1, 0.15) is 25.0 Å². The first-order chi connectivity index (χ1) is 15.0. The maximum Gasteiger partial charge on any atom is 0.387 e. The highest BCUT2D eigenvalue weighted by Gasteiger charge is 2.25. The Morgan fingerprint density at radius 3 is 2.58 bits per heavy atom. The molecule has 0 amide bonds. The van der Waals surface area contributed by atoms with Crippen molar-refractivity contribution in [3.8, 4) is 11.4 Å². The topological polar surface area (TPSA) is 120 Å². The lowest BCUT2D eigenvalue weighted by Gasteiger charge is -2.15. The summed E-state index contributed by atoms with van der Waals surface area (Å²) >= 11 is 0. The van der Waals surface area contributed by atoms with Crippen LogP contribution >= 0.6 is 0 Å². The number of aryl methyl sites for hydroxylation is 1. The van der Waals surface area contributed by atoms with Gasteiger partial charge in [-0.3, -0.25) is 4.79 Å². The molecular formula is C19H20F2N8O2. The van der Waals surface area contributed by atoms with Crippen molar-refractivity contribution in [1.82, 2.24) is 29.9 Å². The largest absolute Gasteiger partial charge is 0.429 e. The van der Waals surface area contributed by atoms with Gasteiger partial charge in [0.25, 0.3) is 0 Å². The molecule has 4 rings (SSSR count). The fourth-order valence-corrected chi connectivity index (χ4v) is 3.40. The quantitative estimate of drug-likeness (QED) is 0.581. The molecule has 12 heteroatoms. The number of halogens is 2. The standard InChI is InChI=1S/C19H20F2N8O2/c1-11-9-23-19(28-27-11)26-13-3-2-12(8-13)25-16-5-4-14(10-22-16)29-17(30)15(6-7-24-29)31-18(20)21/h4-7,9-10,12-13,18H,2-3,8H2,1H3,(H,22,25)(H,23,26,28)/t12-,13-/m0/s1. The van der Waals surface area contributed by atoms with Crippen molar-refractivity contribution >= 4 is 11.8 Å². The van der Waals surface area contributed by atoms with Crippen LogP contribution in [0.15, 0.2) is 41.6 Å². The highest BCUT2D eigenvalue weighted by atomic mass is 19.3. The van der Waals surface area contributed by atoms with E-state index in [0.29, 0.717) is 17.5 Å². The average Bonchev–Trinajstić information content (AvgIpc) is 3.18. The smallest absolute Gasteiger partial charge is 0.387 e. The molecule has 162 valence electrons. The number of rotatable bonds is 7. The van der Waals surface area contributed by atoms with Crippen molar-refractivity contribution < 1.29 is 13.5 Å². The van der Waals surface area contributed by atoms with Gasteiger partial charge < -0.3 is 15.4 Å². The third kappa shape index (κ3) is 5.08. The molecule has 0 unspecified atom stereocenters. The summed E-state index contributed by atoms with van der Waals surface area (Å²) in [6.07, 6.45) is 7.07. The molecule has 1 saturated carbocycles. The van der Waals surface area contributed by atoms with Crippen molar-refractivity contribution in [3.63, 3.8) is 0 Å². The summed E-state index contributed by atoms with van der Waals surface area (Å²) in [5.74, 6) is 0.662. The lowest BCUT2D eigenvalue weighted by Crippen LogP contribution is -2.24. The van der Waals surface area contributed by atoms with Crippen molar-refractivity contribution in [1.29, 1.82) is 0 Å². The van der Waals surface area contributed by atoms with Crippen LogP contribution in [0.4, 0.5) is 20.5 Å². The number of nitrogens with zero attached hydrogens (tertiary/aromatic N) is 6. The van der Waals surface area contributed by atoms with Gasteiger partial charge in [0.2, 0.25) is 5.95 Å². The fraction of sp³-hybridized carbons (Fsp3) is 0.368. The first-order valence-electron chi connectivity index (χ1n) is 9.67. The molecule has 0 radical (unpaired) electrons. The lowest BCUT2D eigenvalue weighted by atomic mass is 10.2. The molecule has 0 spiro atoms. The van der Waals surface area contributed by atoms with E-state index in [-0.39, 0.29) is 12.1 Å². The number of hydrogen-bond donors (Lipinski definition) is 2. The summed E-state index contributed by atoms with van der Waals surface area (Å²) in [6, 6.07) is 4.86. The lowest BCUT2D eigenvalue weighted by molar-refractivity contribution is -0.0511. The molecule has 1 fully saturated rings. The number of anilines is 2. The van der Waals surface area contributed by atoms with Gasteiger partial charge in [-0.15, -0.1) is 5.10 Å². The van der Waals surface area contributed by atoms with Crippen molar-refractivity contribution in [3.05, 3.63) is 52.8 Å². The monoisotopic (exact) mass is 430 g/mol. The highest BCUT2D eigenvalue weighted by molar-refractivity contribution is 5.42. The Labute approximate surface area is 175 Å². The van der Waals surface area contributed by atoms with E-state index in [4.69, 9.17) is 0 Å². The van der Waals surface area contributed by atoms with Gasteiger partial charge in [0, 0.05) is 18.2 Å². The predicted octanol–water partition coefficient (Wildman–Crippen LogP) is 2.17. The van der Waals surface area contributed by atoms with E-state index in [9.17, 15) is 13.6 Å². The minimum absolute atomic E-state index is 0.206. The maximum atomic E-state index is 12.4. The second kappa shape index (κ2) is 8.98. The molecule has 0 aliphatic heterocycles. The van der Waals surface area contributed by atoms with Gasteiger partial charge in [0.1, 0.15) is 5.82 Å². The third-order valence-electron chi connectivity index (χ3n) is 4.81. The minimum atomic E-state index is -3.09. The Bertz CT molecular complexity index is 1080. The molecule has 3 aromatic heterocycles. The van der Waals surface area contributed by atoms with Crippen LogP contribution in [0.25, 0.3) is 5.69 Å². The molecule has 0 bridgehead atoms. The molecule has 31 heavy (non-hydrogen) atoms. The van der Waals surface area contributed by atoms with E-state index in [0.717, 1.165) is 35.7 Å². The Morgan fingerprint density at radius 1 is 1.10 bits per heavy atom. The van der Waals surface area contributed by atoms with Gasteiger partial charge >= 0.3 is 12.2 Å². The molecule has 1 aliphatic rings. The molecule has 1 aliphatic carbocycles. The number of alkyl halides is 2. The number of ether oxygens (including phenoxy) is 1. The van der Waals surface area contributed by atoms with Crippen LogP contribution in [-0.2, 0) is 0 Å². The van der Waals surface area contributed by atoms with E-state index in [1.54, 1.807) is 18.3 Å². The summed E-state index contributed by atoms with van der Waals surface area (Å²) in [5.41, 5.74) is 0.310. The minimum Gasteiger partial charge on any atom is -0.429 e. The van der Waals surface area contributed by atoms with Gasteiger partial charge in [0.05, 0.1) is 30.0 Å². The summed E-state index contributed by atoms with van der Waals surface area (Å²) in [6.45, 7) is -1.26. The highest BCUT2D eigenvalue weighted by Crippen LogP contribution is 2.24. The molecular weight excluding hydrogens is 410 g/mol. The Kier molecular flexibility index (Phi) is 5.96. The molecule has 0 saturated heterocycles. The zero-order valence-corrected chi connectivity index (χ0v) is 16.6. The SMILES string of the molecule is Cc1cnc(N[C@H]2CC[C@H](Nc3ccc(-n4nccc(OC(F)F)c4=O)cn3)C2)nn1. The van der Waals surface area contributed by atoms with Gasteiger partial charge in [0.15, 0.2) is 5.75 Å². The van der Waals surface area contributed by atoms with Gasteiger partial charge in [-0.05, 0) is 38.3 Å². The summed E-state index contributed by atoms with van der Waals surface area (Å²) < 4.78 is 30.0. The van der Waals surface area contributed by atoms with E-state index in [2.05, 4.69) is 40.6 Å². The number of nitrogens with one attached hydrogen (secondary N) is 2. The second-order valence-electron chi connectivity index (χ2n) is 7.11. The molecule has 2 atom stereocenters.